The van der Waals surface area contributed by atoms with Gasteiger partial charge in [-0.15, -0.1) is 0 Å². The van der Waals surface area contributed by atoms with Crippen LogP contribution in [0.2, 0.25) is 0 Å². The van der Waals surface area contributed by atoms with Crippen molar-refractivity contribution in [2.24, 2.45) is 5.92 Å². The highest BCUT2D eigenvalue weighted by atomic mass is 16.6. The fraction of sp³-hybridized carbons (Fsp3) is 0.560. The zero-order valence-electron chi connectivity index (χ0n) is 21.9. The fourth-order valence-electron chi connectivity index (χ4n) is 2.91. The van der Waals surface area contributed by atoms with E-state index >= 15 is 0 Å². The third-order valence-corrected chi connectivity index (χ3v) is 4.79. The summed E-state index contributed by atoms with van der Waals surface area (Å²) in [5, 5.41) is 7.40. The first-order chi connectivity index (χ1) is 16.7. The minimum atomic E-state index is -1.35. The Bertz CT molecular complexity index is 912. The number of carbonyl (C=O) groups excluding carboxylic acids is 5. The molecule has 3 atom stereocenters. The van der Waals surface area contributed by atoms with E-state index < -0.39 is 60.0 Å². The van der Waals surface area contributed by atoms with E-state index in [1.807, 2.05) is 18.2 Å². The van der Waals surface area contributed by atoms with Crippen LogP contribution in [0.25, 0.3) is 0 Å². The molecule has 200 valence electrons. The van der Waals surface area contributed by atoms with Crippen LogP contribution in [0.3, 0.4) is 0 Å². The van der Waals surface area contributed by atoms with Crippen molar-refractivity contribution in [2.75, 3.05) is 7.11 Å². The average Bonchev–Trinajstić information content (AvgIpc) is 2.79. The maximum atomic E-state index is 12.9. The van der Waals surface area contributed by atoms with Gasteiger partial charge in [0.05, 0.1) is 13.5 Å². The Morgan fingerprint density at radius 1 is 0.889 bits per heavy atom. The Kier molecular flexibility index (Phi) is 11.9. The molecule has 3 N–H and O–H groups in total. The first kappa shape index (κ1) is 30.4. The first-order valence-corrected chi connectivity index (χ1v) is 11.6. The van der Waals surface area contributed by atoms with Gasteiger partial charge in [-0.1, -0.05) is 44.2 Å². The van der Waals surface area contributed by atoms with Crippen molar-refractivity contribution in [3.05, 3.63) is 35.9 Å². The molecule has 1 rings (SSSR count). The normalized spacial score (nSPS) is 13.6. The Balaban J connectivity index is 2.83. The predicted molar refractivity (Wildman–Crippen MR) is 130 cm³/mol. The lowest BCUT2D eigenvalue weighted by atomic mass is 10.0. The van der Waals surface area contributed by atoms with Crippen LogP contribution in [0.1, 0.15) is 53.5 Å². The van der Waals surface area contributed by atoms with E-state index in [1.54, 1.807) is 46.8 Å². The number of ether oxygens (including phenoxy) is 3. The lowest BCUT2D eigenvalue weighted by Gasteiger charge is -2.27. The number of hydrogen-bond acceptors (Lipinski definition) is 8. The van der Waals surface area contributed by atoms with Crippen molar-refractivity contribution in [3.63, 3.8) is 0 Å². The predicted octanol–water partition coefficient (Wildman–Crippen LogP) is 1.83. The lowest BCUT2D eigenvalue weighted by Crippen LogP contribution is -2.57. The number of benzene rings is 1. The van der Waals surface area contributed by atoms with Gasteiger partial charge in [0.1, 0.15) is 30.3 Å². The maximum absolute atomic E-state index is 12.9. The zero-order valence-corrected chi connectivity index (χ0v) is 21.9. The molecule has 0 aromatic heterocycles. The molecule has 0 bridgehead atoms. The van der Waals surface area contributed by atoms with Crippen molar-refractivity contribution in [1.29, 1.82) is 0 Å². The molecule has 3 amide bonds. The van der Waals surface area contributed by atoms with Crippen LogP contribution in [-0.2, 0) is 40.0 Å². The molecule has 1 aromatic carbocycles. The van der Waals surface area contributed by atoms with Gasteiger partial charge in [-0.3, -0.25) is 14.4 Å². The molecule has 0 saturated heterocycles. The van der Waals surface area contributed by atoms with Gasteiger partial charge >= 0.3 is 18.0 Å². The Labute approximate surface area is 211 Å². The largest absolute Gasteiger partial charge is 0.469 e. The second-order valence-electron chi connectivity index (χ2n) is 9.53. The Morgan fingerprint density at radius 2 is 1.50 bits per heavy atom. The number of carbonyl (C=O) groups is 5. The van der Waals surface area contributed by atoms with Crippen LogP contribution in [0.4, 0.5) is 4.79 Å². The third kappa shape index (κ3) is 11.2. The number of methoxy groups -OCH3 is 1. The zero-order chi connectivity index (χ0) is 27.5. The molecule has 0 heterocycles. The molecular weight excluding hydrogens is 470 g/mol. The van der Waals surface area contributed by atoms with Crippen molar-refractivity contribution >= 4 is 29.8 Å². The Morgan fingerprint density at radius 3 is 2.03 bits per heavy atom. The van der Waals surface area contributed by atoms with Crippen LogP contribution in [0.15, 0.2) is 30.3 Å². The number of amides is 3. The van der Waals surface area contributed by atoms with Crippen molar-refractivity contribution < 1.29 is 38.2 Å². The smallest absolute Gasteiger partial charge is 0.408 e. The quantitative estimate of drug-likeness (QED) is 0.303. The second kappa shape index (κ2) is 14.1. The van der Waals surface area contributed by atoms with Gasteiger partial charge in [0.25, 0.3) is 0 Å². The molecule has 0 aliphatic rings. The summed E-state index contributed by atoms with van der Waals surface area (Å²) >= 11 is 0. The van der Waals surface area contributed by atoms with E-state index in [0.29, 0.717) is 0 Å². The van der Waals surface area contributed by atoms with Crippen LogP contribution in [0, 0.1) is 5.92 Å². The topological polar surface area (TPSA) is 149 Å². The van der Waals surface area contributed by atoms with E-state index in [4.69, 9.17) is 9.47 Å². The summed E-state index contributed by atoms with van der Waals surface area (Å²) in [6, 6.07) is 5.67. The van der Waals surface area contributed by atoms with E-state index in [-0.39, 0.29) is 12.5 Å². The van der Waals surface area contributed by atoms with E-state index in [0.717, 1.165) is 12.7 Å². The van der Waals surface area contributed by atoms with Gasteiger partial charge in [0.2, 0.25) is 11.8 Å². The van der Waals surface area contributed by atoms with Crippen molar-refractivity contribution in [1.82, 2.24) is 16.0 Å². The monoisotopic (exact) mass is 507 g/mol. The Hall–Kier alpha value is -3.63. The summed E-state index contributed by atoms with van der Waals surface area (Å²) in [5.74, 6) is -3.19. The molecular formula is C25H37N3O8. The van der Waals surface area contributed by atoms with Crippen LogP contribution in [0.5, 0.6) is 0 Å². The molecule has 1 aromatic rings. The molecule has 11 nitrogen and oxygen atoms in total. The van der Waals surface area contributed by atoms with Gasteiger partial charge < -0.3 is 30.2 Å². The molecule has 0 aliphatic heterocycles. The first-order valence-electron chi connectivity index (χ1n) is 11.6. The number of esters is 2. The second-order valence-corrected chi connectivity index (χ2v) is 9.53. The van der Waals surface area contributed by atoms with Crippen molar-refractivity contribution in [3.8, 4) is 0 Å². The van der Waals surface area contributed by atoms with Gasteiger partial charge in [-0.2, -0.15) is 0 Å². The van der Waals surface area contributed by atoms with E-state index in [9.17, 15) is 24.0 Å². The third-order valence-electron chi connectivity index (χ3n) is 4.79. The number of rotatable bonds is 11. The minimum Gasteiger partial charge on any atom is -0.469 e. The van der Waals surface area contributed by atoms with Crippen molar-refractivity contribution in [2.45, 2.75) is 78.3 Å². The van der Waals surface area contributed by atoms with Gasteiger partial charge in [0, 0.05) is 0 Å². The van der Waals surface area contributed by atoms with Crippen LogP contribution < -0.4 is 16.0 Å². The highest BCUT2D eigenvalue weighted by molar-refractivity contribution is 5.94. The summed E-state index contributed by atoms with van der Waals surface area (Å²) in [4.78, 5) is 62.1. The SMILES string of the molecule is COC(=O)C[C@H](NC(=O)OC(C)(C)C)C(=O)N[C@H](C(=O)N[C@@H](C)C(=O)OCc1ccccc1)C(C)C. The molecule has 0 spiro atoms. The molecule has 0 unspecified atom stereocenters. The molecule has 0 aliphatic carbocycles. The highest BCUT2D eigenvalue weighted by Gasteiger charge is 2.32. The summed E-state index contributed by atoms with van der Waals surface area (Å²) in [6.45, 7) is 9.84. The minimum absolute atomic E-state index is 0.0514. The molecule has 0 fully saturated rings. The van der Waals surface area contributed by atoms with Crippen LogP contribution >= 0.6 is 0 Å². The number of hydrogen-bond donors (Lipinski definition) is 3. The number of nitrogens with one attached hydrogen (secondary N) is 3. The van der Waals surface area contributed by atoms with Gasteiger partial charge in [-0.05, 0) is 39.2 Å². The molecule has 11 heteroatoms. The average molecular weight is 508 g/mol. The van der Waals surface area contributed by atoms with E-state index in [2.05, 4.69) is 20.7 Å². The number of alkyl carbamates (subject to hydrolysis) is 1. The standard InChI is InChI=1S/C25H37N3O8/c1-15(2)20(22(31)26-16(3)23(32)35-14-17-11-9-8-10-12-17)28-21(30)18(13-19(29)34-7)27-24(33)36-25(4,5)6/h8-12,15-16,18,20H,13-14H2,1-7H3,(H,26,31)(H,27,33)(H,28,30)/t16-,18-,20-/m0/s1. The highest BCUT2D eigenvalue weighted by Crippen LogP contribution is 2.09. The summed E-state index contributed by atoms with van der Waals surface area (Å²) in [7, 11) is 1.15. The molecule has 36 heavy (non-hydrogen) atoms. The summed E-state index contributed by atoms with van der Waals surface area (Å²) < 4.78 is 15.0. The summed E-state index contributed by atoms with van der Waals surface area (Å²) in [5.41, 5.74) is -0.0343. The van der Waals surface area contributed by atoms with Gasteiger partial charge in [-0.25, -0.2) is 9.59 Å². The van der Waals surface area contributed by atoms with E-state index in [1.165, 1.54) is 6.92 Å². The molecule has 0 saturated carbocycles. The summed E-state index contributed by atoms with van der Waals surface area (Å²) in [6.07, 6.45) is -1.39. The maximum Gasteiger partial charge on any atom is 0.408 e. The molecule has 0 radical (unpaired) electrons. The van der Waals surface area contributed by atoms with Crippen LogP contribution in [-0.4, -0.2) is 60.7 Å². The fourth-order valence-corrected chi connectivity index (χ4v) is 2.91. The van der Waals surface area contributed by atoms with Gasteiger partial charge in [0.15, 0.2) is 0 Å². The lowest BCUT2D eigenvalue weighted by molar-refractivity contribution is -0.149.